The molecule has 1 aliphatic rings. The number of nitro groups is 1. The van der Waals surface area contributed by atoms with Crippen LogP contribution in [0.1, 0.15) is 26.7 Å². The van der Waals surface area contributed by atoms with Crippen LogP contribution in [0.3, 0.4) is 0 Å². The van der Waals surface area contributed by atoms with Crippen LogP contribution in [0.2, 0.25) is 0 Å². The van der Waals surface area contributed by atoms with Crippen molar-refractivity contribution in [2.75, 3.05) is 25.0 Å². The summed E-state index contributed by atoms with van der Waals surface area (Å²) in [5.74, 6) is -0.204. The Balaban J connectivity index is 2.03. The first-order valence-electron chi connectivity index (χ1n) is 7.40. The molecule has 1 N–H and O–H groups in total. The number of halogens is 1. The minimum atomic E-state index is -0.796. The fraction of sp³-hybridized carbons (Fsp3) is 0.600. The number of anilines is 1. The van der Waals surface area contributed by atoms with Gasteiger partial charge in [-0.2, -0.15) is 4.39 Å². The zero-order valence-electron chi connectivity index (χ0n) is 12.5. The fourth-order valence-corrected chi connectivity index (χ4v) is 2.91. The third-order valence-corrected chi connectivity index (χ3v) is 3.80. The number of benzene rings is 1. The van der Waals surface area contributed by atoms with Gasteiger partial charge in [-0.15, -0.1) is 0 Å². The van der Waals surface area contributed by atoms with Crippen LogP contribution in [0.15, 0.2) is 18.2 Å². The summed E-state index contributed by atoms with van der Waals surface area (Å²) in [6, 6.07) is 4.52. The minimum Gasteiger partial charge on any atom is -0.378 e. The summed E-state index contributed by atoms with van der Waals surface area (Å²) in [5, 5.41) is 14.0. The number of likely N-dealkylation sites (tertiary alicyclic amines) is 1. The summed E-state index contributed by atoms with van der Waals surface area (Å²) in [5.41, 5.74) is -0.206. The van der Waals surface area contributed by atoms with E-state index in [1.165, 1.54) is 6.07 Å². The number of para-hydroxylation sites is 1. The first kappa shape index (κ1) is 15.7. The average molecular weight is 295 g/mol. The summed E-state index contributed by atoms with van der Waals surface area (Å²) < 4.78 is 13.6. The molecule has 0 aromatic heterocycles. The van der Waals surface area contributed by atoms with Crippen LogP contribution in [-0.4, -0.2) is 35.5 Å². The van der Waals surface area contributed by atoms with Gasteiger partial charge in [-0.3, -0.25) is 15.0 Å². The lowest BCUT2D eigenvalue weighted by molar-refractivity contribution is -0.386. The van der Waals surface area contributed by atoms with Gasteiger partial charge in [0.15, 0.2) is 0 Å². The van der Waals surface area contributed by atoms with Gasteiger partial charge in [-0.1, -0.05) is 19.9 Å². The maximum atomic E-state index is 13.6. The van der Waals surface area contributed by atoms with E-state index in [2.05, 4.69) is 24.1 Å². The first-order valence-corrected chi connectivity index (χ1v) is 7.40. The molecule has 1 aromatic rings. The van der Waals surface area contributed by atoms with Crippen molar-refractivity contribution in [2.45, 2.75) is 32.7 Å². The fourth-order valence-electron chi connectivity index (χ4n) is 2.91. The molecule has 0 bridgehead atoms. The maximum Gasteiger partial charge on any atom is 0.327 e. The molecular weight excluding hydrogens is 273 g/mol. The molecule has 1 aliphatic heterocycles. The molecule has 21 heavy (non-hydrogen) atoms. The van der Waals surface area contributed by atoms with Crippen LogP contribution in [0.4, 0.5) is 15.8 Å². The monoisotopic (exact) mass is 295 g/mol. The highest BCUT2D eigenvalue weighted by molar-refractivity contribution is 5.62. The van der Waals surface area contributed by atoms with Crippen molar-refractivity contribution in [3.8, 4) is 0 Å². The van der Waals surface area contributed by atoms with Crippen molar-refractivity contribution >= 4 is 11.4 Å². The zero-order valence-corrected chi connectivity index (χ0v) is 12.5. The summed E-state index contributed by atoms with van der Waals surface area (Å²) >= 11 is 0. The highest BCUT2D eigenvalue weighted by Crippen LogP contribution is 2.28. The topological polar surface area (TPSA) is 58.4 Å². The summed E-state index contributed by atoms with van der Waals surface area (Å²) in [4.78, 5) is 12.7. The van der Waals surface area contributed by atoms with Crippen LogP contribution in [0.5, 0.6) is 0 Å². The van der Waals surface area contributed by atoms with Gasteiger partial charge < -0.3 is 5.32 Å². The predicted octanol–water partition coefficient (Wildman–Crippen LogP) is 3.27. The van der Waals surface area contributed by atoms with Crippen molar-refractivity contribution in [2.24, 2.45) is 5.92 Å². The Morgan fingerprint density at radius 3 is 2.95 bits per heavy atom. The van der Waals surface area contributed by atoms with Crippen LogP contribution in [0.25, 0.3) is 0 Å². The molecule has 0 saturated carbocycles. The van der Waals surface area contributed by atoms with E-state index < -0.39 is 16.4 Å². The number of nitrogens with one attached hydrogen (secondary N) is 1. The van der Waals surface area contributed by atoms with E-state index in [4.69, 9.17) is 0 Å². The molecule has 6 heteroatoms. The Morgan fingerprint density at radius 2 is 2.29 bits per heavy atom. The molecule has 0 radical (unpaired) electrons. The molecule has 0 aliphatic carbocycles. The summed E-state index contributed by atoms with van der Waals surface area (Å²) in [7, 11) is 0. The van der Waals surface area contributed by atoms with Crippen LogP contribution in [-0.2, 0) is 0 Å². The van der Waals surface area contributed by atoms with E-state index in [0.717, 1.165) is 32.0 Å². The third-order valence-electron chi connectivity index (χ3n) is 3.80. The van der Waals surface area contributed by atoms with Crippen molar-refractivity contribution in [1.82, 2.24) is 4.90 Å². The standard InChI is InChI=1S/C15H22FN3O2/c1-11(2)10-18-8-4-5-12(18)9-17-14-7-3-6-13(16)15(14)19(20)21/h3,6-7,11-12,17H,4-5,8-10H2,1-2H3/t12-/m1/s1. The molecule has 2 rings (SSSR count). The van der Waals surface area contributed by atoms with E-state index in [9.17, 15) is 14.5 Å². The van der Waals surface area contributed by atoms with Gasteiger partial charge in [-0.25, -0.2) is 0 Å². The number of rotatable bonds is 6. The lowest BCUT2D eigenvalue weighted by atomic mass is 10.1. The molecule has 1 atom stereocenters. The highest BCUT2D eigenvalue weighted by Gasteiger charge is 2.26. The smallest absolute Gasteiger partial charge is 0.327 e. The Hall–Kier alpha value is -1.69. The average Bonchev–Trinajstić information content (AvgIpc) is 2.82. The van der Waals surface area contributed by atoms with Gasteiger partial charge in [-0.05, 0) is 37.4 Å². The Bertz CT molecular complexity index is 508. The van der Waals surface area contributed by atoms with Gasteiger partial charge in [0, 0.05) is 19.1 Å². The molecule has 0 spiro atoms. The lowest BCUT2D eigenvalue weighted by Gasteiger charge is -2.26. The van der Waals surface area contributed by atoms with Crippen molar-refractivity contribution in [1.29, 1.82) is 0 Å². The van der Waals surface area contributed by atoms with Gasteiger partial charge in [0.05, 0.1) is 4.92 Å². The summed E-state index contributed by atoms with van der Waals surface area (Å²) in [6.45, 7) is 7.06. The van der Waals surface area contributed by atoms with Crippen molar-refractivity contribution < 1.29 is 9.31 Å². The highest BCUT2D eigenvalue weighted by atomic mass is 19.1. The second kappa shape index (κ2) is 6.85. The second-order valence-electron chi connectivity index (χ2n) is 5.96. The molecule has 1 fully saturated rings. The largest absolute Gasteiger partial charge is 0.378 e. The number of hydrogen-bond acceptors (Lipinski definition) is 4. The summed E-state index contributed by atoms with van der Waals surface area (Å²) in [6.07, 6.45) is 2.22. The molecule has 1 aromatic carbocycles. The third kappa shape index (κ3) is 3.91. The molecule has 116 valence electrons. The van der Waals surface area contributed by atoms with Crippen LogP contribution in [0, 0.1) is 21.8 Å². The quantitative estimate of drug-likeness (QED) is 0.646. The minimum absolute atomic E-state index is 0.261. The van der Waals surface area contributed by atoms with E-state index in [0.29, 0.717) is 18.5 Å². The zero-order chi connectivity index (χ0) is 15.4. The second-order valence-corrected chi connectivity index (χ2v) is 5.96. The van der Waals surface area contributed by atoms with Gasteiger partial charge in [0.25, 0.3) is 0 Å². The molecule has 0 amide bonds. The maximum absolute atomic E-state index is 13.6. The molecule has 0 unspecified atom stereocenters. The van der Waals surface area contributed by atoms with E-state index in [1.54, 1.807) is 6.07 Å². The normalized spacial score (nSPS) is 19.1. The Labute approximate surface area is 124 Å². The van der Waals surface area contributed by atoms with Crippen molar-refractivity contribution in [3.63, 3.8) is 0 Å². The Morgan fingerprint density at radius 1 is 1.52 bits per heavy atom. The van der Waals surface area contributed by atoms with Crippen LogP contribution >= 0.6 is 0 Å². The van der Waals surface area contributed by atoms with Gasteiger partial charge in [0.1, 0.15) is 5.69 Å². The molecular formula is C15H22FN3O2. The number of nitro benzene ring substituents is 1. The molecule has 1 heterocycles. The van der Waals surface area contributed by atoms with E-state index in [1.807, 2.05) is 0 Å². The SMILES string of the molecule is CC(C)CN1CCC[C@@H]1CNc1cccc(F)c1[N+](=O)[O-]. The van der Waals surface area contributed by atoms with Crippen molar-refractivity contribution in [3.05, 3.63) is 34.1 Å². The van der Waals surface area contributed by atoms with Gasteiger partial charge >= 0.3 is 5.69 Å². The molecule has 5 nitrogen and oxygen atoms in total. The van der Waals surface area contributed by atoms with E-state index >= 15 is 0 Å². The van der Waals surface area contributed by atoms with Crippen LogP contribution < -0.4 is 5.32 Å². The number of hydrogen-bond donors (Lipinski definition) is 1. The predicted molar refractivity (Wildman–Crippen MR) is 81.0 cm³/mol. The molecule has 1 saturated heterocycles. The van der Waals surface area contributed by atoms with Gasteiger partial charge in [0.2, 0.25) is 5.82 Å². The lowest BCUT2D eigenvalue weighted by Crippen LogP contribution is -2.37. The first-order chi connectivity index (χ1) is 9.99. The van der Waals surface area contributed by atoms with E-state index in [-0.39, 0.29) is 5.69 Å². The Kier molecular flexibility index (Phi) is 5.12. The number of nitrogens with zero attached hydrogens (tertiary/aromatic N) is 2.